The number of carbonyl (C=O) groups is 2. The summed E-state index contributed by atoms with van der Waals surface area (Å²) in [6.45, 7) is -0.421. The summed E-state index contributed by atoms with van der Waals surface area (Å²) in [6, 6.07) is 13.1. The smallest absolute Gasteiger partial charge is 0.312 e. The molecule has 0 aliphatic heterocycles. The van der Waals surface area contributed by atoms with Crippen LogP contribution in [-0.2, 0) is 26.0 Å². The number of ketones is 1. The molecule has 3 rings (SSSR count). The Hall–Kier alpha value is -3.20. The highest BCUT2D eigenvalue weighted by atomic mass is 32.2. The molecule has 0 unspecified atom stereocenters. The average molecular weight is 402 g/mol. The van der Waals surface area contributed by atoms with E-state index in [2.05, 4.69) is 5.16 Å². The molecule has 0 spiro atoms. The molecule has 0 bridgehead atoms. The van der Waals surface area contributed by atoms with E-state index >= 15 is 0 Å². The number of benzene rings is 2. The Balaban J connectivity index is 1.58. The average Bonchev–Trinajstić information content (AvgIpc) is 3.08. The fourth-order valence-corrected chi connectivity index (χ4v) is 3.04. The number of aromatic nitrogens is 1. The van der Waals surface area contributed by atoms with E-state index in [-0.39, 0.29) is 6.42 Å². The van der Waals surface area contributed by atoms with Crippen molar-refractivity contribution in [2.45, 2.75) is 6.42 Å². The number of hydrogen-bond acceptors (Lipinski definition) is 7. The Kier molecular flexibility index (Phi) is 5.46. The Morgan fingerprint density at radius 3 is 2.46 bits per heavy atom. The van der Waals surface area contributed by atoms with Crippen LogP contribution in [0.4, 0.5) is 5.69 Å². The van der Waals surface area contributed by atoms with Crippen molar-refractivity contribution in [2.24, 2.45) is 0 Å². The molecule has 0 saturated carbocycles. The van der Waals surface area contributed by atoms with Crippen LogP contribution in [0, 0.1) is 0 Å². The van der Waals surface area contributed by atoms with Gasteiger partial charge in [-0.15, -0.1) is 0 Å². The van der Waals surface area contributed by atoms with Gasteiger partial charge in [-0.3, -0.25) is 13.9 Å². The van der Waals surface area contributed by atoms with Gasteiger partial charge < -0.3 is 9.26 Å². The third-order valence-corrected chi connectivity index (χ3v) is 5.38. The number of para-hydroxylation sites is 1. The minimum atomic E-state index is -3.39. The molecule has 0 radical (unpaired) electrons. The molecule has 0 fully saturated rings. The van der Waals surface area contributed by atoms with Gasteiger partial charge >= 0.3 is 5.97 Å². The summed E-state index contributed by atoms with van der Waals surface area (Å²) in [7, 11) is -1.97. The van der Waals surface area contributed by atoms with Crippen LogP contribution in [0.1, 0.15) is 16.1 Å². The molecule has 2 aromatic carbocycles. The van der Waals surface area contributed by atoms with Gasteiger partial charge in [0.1, 0.15) is 5.69 Å². The summed E-state index contributed by atoms with van der Waals surface area (Å²) >= 11 is 0. The number of carbonyl (C=O) groups excluding carboxylic acids is 2. The number of esters is 1. The van der Waals surface area contributed by atoms with Crippen LogP contribution in [0.15, 0.2) is 53.1 Å². The first kappa shape index (κ1) is 19.6. The van der Waals surface area contributed by atoms with Gasteiger partial charge in [-0.1, -0.05) is 17.3 Å². The molecule has 1 aromatic heterocycles. The van der Waals surface area contributed by atoms with Gasteiger partial charge in [-0.05, 0) is 36.4 Å². The van der Waals surface area contributed by atoms with Crippen LogP contribution in [-0.4, -0.2) is 45.2 Å². The lowest BCUT2D eigenvalue weighted by atomic mass is 10.1. The number of hydrogen-bond donors (Lipinski definition) is 0. The van der Waals surface area contributed by atoms with Crippen molar-refractivity contribution in [2.75, 3.05) is 24.2 Å². The van der Waals surface area contributed by atoms with Crippen molar-refractivity contribution in [1.82, 2.24) is 5.16 Å². The third kappa shape index (κ3) is 4.37. The second kappa shape index (κ2) is 7.81. The van der Waals surface area contributed by atoms with Gasteiger partial charge in [0, 0.05) is 18.0 Å². The fourth-order valence-electron chi connectivity index (χ4n) is 2.53. The van der Waals surface area contributed by atoms with Crippen LogP contribution in [0.2, 0.25) is 0 Å². The van der Waals surface area contributed by atoms with Crippen LogP contribution in [0.5, 0.6) is 0 Å². The number of sulfonamides is 1. The monoisotopic (exact) mass is 402 g/mol. The first-order valence-corrected chi connectivity index (χ1v) is 10.2. The van der Waals surface area contributed by atoms with Gasteiger partial charge in [0.05, 0.1) is 18.4 Å². The molecule has 0 aliphatic carbocycles. The van der Waals surface area contributed by atoms with Crippen molar-refractivity contribution in [3.05, 3.63) is 59.8 Å². The Morgan fingerprint density at radius 2 is 1.79 bits per heavy atom. The predicted molar refractivity (Wildman–Crippen MR) is 103 cm³/mol. The Morgan fingerprint density at radius 1 is 1.11 bits per heavy atom. The van der Waals surface area contributed by atoms with Crippen LogP contribution >= 0.6 is 0 Å². The summed E-state index contributed by atoms with van der Waals surface area (Å²) in [6.07, 6.45) is 0.978. The van der Waals surface area contributed by atoms with E-state index < -0.39 is 28.4 Å². The quantitative estimate of drug-likeness (QED) is 0.440. The number of Topliss-reactive ketones (excluding diaryl/α,β-unsaturated/α-hetero) is 1. The van der Waals surface area contributed by atoms with Crippen LogP contribution in [0.25, 0.3) is 11.0 Å². The molecule has 0 atom stereocenters. The number of nitrogens with zero attached hydrogens (tertiary/aromatic N) is 2. The highest BCUT2D eigenvalue weighted by Crippen LogP contribution is 2.19. The Bertz CT molecular complexity index is 1120. The minimum Gasteiger partial charge on any atom is -0.457 e. The highest BCUT2D eigenvalue weighted by Gasteiger charge is 2.16. The fraction of sp³-hybridized carbons (Fsp3) is 0.211. The summed E-state index contributed by atoms with van der Waals surface area (Å²) < 4.78 is 34.3. The summed E-state index contributed by atoms with van der Waals surface area (Å²) in [4.78, 5) is 24.2. The molecule has 28 heavy (non-hydrogen) atoms. The first-order valence-electron chi connectivity index (χ1n) is 8.32. The molecule has 8 nitrogen and oxygen atoms in total. The van der Waals surface area contributed by atoms with Crippen LogP contribution in [0.3, 0.4) is 0 Å². The van der Waals surface area contributed by atoms with Crippen molar-refractivity contribution in [1.29, 1.82) is 0 Å². The van der Waals surface area contributed by atoms with E-state index in [1.54, 1.807) is 18.2 Å². The molecular formula is C19H18N2O6S. The largest absolute Gasteiger partial charge is 0.457 e. The Labute approximate surface area is 161 Å². The predicted octanol–water partition coefficient (Wildman–Crippen LogP) is 2.19. The summed E-state index contributed by atoms with van der Waals surface area (Å²) in [5.74, 6) is -0.993. The van der Waals surface area contributed by atoms with Crippen LogP contribution < -0.4 is 4.31 Å². The zero-order valence-corrected chi connectivity index (χ0v) is 16.1. The number of anilines is 1. The topological polar surface area (TPSA) is 107 Å². The second-order valence-electron chi connectivity index (χ2n) is 6.16. The number of fused-ring (bicyclic) bond motifs is 1. The molecule has 3 aromatic rings. The van der Waals surface area contributed by atoms with Gasteiger partial charge in [-0.25, -0.2) is 8.42 Å². The maximum Gasteiger partial charge on any atom is 0.312 e. The second-order valence-corrected chi connectivity index (χ2v) is 8.18. The third-order valence-electron chi connectivity index (χ3n) is 4.18. The van der Waals surface area contributed by atoms with Crippen molar-refractivity contribution < 1.29 is 27.3 Å². The van der Waals surface area contributed by atoms with Gasteiger partial charge in [0.15, 0.2) is 18.0 Å². The van der Waals surface area contributed by atoms with Crippen molar-refractivity contribution in [3.63, 3.8) is 0 Å². The molecule has 0 aliphatic rings. The van der Waals surface area contributed by atoms with E-state index in [0.717, 1.165) is 15.9 Å². The lowest BCUT2D eigenvalue weighted by molar-refractivity contribution is -0.141. The SMILES string of the molecule is CN(c1ccc(C(=O)COC(=O)Cc2noc3ccccc23)cc1)S(C)(=O)=O. The van der Waals surface area contributed by atoms with E-state index in [1.807, 2.05) is 6.07 Å². The normalized spacial score (nSPS) is 11.4. The molecule has 9 heteroatoms. The minimum absolute atomic E-state index is 0.109. The standard InChI is InChI=1S/C19H18N2O6S/c1-21(28(2,24)25)14-9-7-13(8-10-14)17(22)12-26-19(23)11-16-15-5-3-4-6-18(15)27-20-16/h3-10H,11-12H2,1-2H3. The zero-order valence-electron chi connectivity index (χ0n) is 15.3. The zero-order chi connectivity index (χ0) is 20.3. The van der Waals surface area contributed by atoms with Crippen molar-refractivity contribution in [3.8, 4) is 0 Å². The maximum atomic E-state index is 12.2. The molecule has 146 valence electrons. The van der Waals surface area contributed by atoms with E-state index in [4.69, 9.17) is 9.26 Å². The maximum absolute atomic E-state index is 12.2. The first-order chi connectivity index (χ1) is 13.3. The van der Waals surface area contributed by atoms with E-state index in [0.29, 0.717) is 22.5 Å². The molecule has 0 N–H and O–H groups in total. The van der Waals surface area contributed by atoms with E-state index in [9.17, 15) is 18.0 Å². The number of rotatable bonds is 7. The van der Waals surface area contributed by atoms with Gasteiger partial charge in [0.25, 0.3) is 0 Å². The molecule has 0 saturated heterocycles. The molecule has 0 amide bonds. The number of ether oxygens (including phenoxy) is 1. The molecular weight excluding hydrogens is 384 g/mol. The highest BCUT2D eigenvalue weighted by molar-refractivity contribution is 7.92. The lowest BCUT2D eigenvalue weighted by Gasteiger charge is -2.16. The van der Waals surface area contributed by atoms with Crippen molar-refractivity contribution >= 4 is 38.4 Å². The van der Waals surface area contributed by atoms with E-state index in [1.165, 1.54) is 31.3 Å². The lowest BCUT2D eigenvalue weighted by Crippen LogP contribution is -2.24. The van der Waals surface area contributed by atoms with Gasteiger partial charge in [-0.2, -0.15) is 0 Å². The van der Waals surface area contributed by atoms with Gasteiger partial charge in [0.2, 0.25) is 10.0 Å². The summed E-state index contributed by atoms with van der Waals surface area (Å²) in [5.41, 5.74) is 1.75. The molecule has 1 heterocycles. The summed E-state index contributed by atoms with van der Waals surface area (Å²) in [5, 5.41) is 4.57.